The van der Waals surface area contributed by atoms with E-state index in [1.165, 1.54) is 51.2 Å². The number of carbonyl (C=O) groups is 8. The van der Waals surface area contributed by atoms with Crippen molar-refractivity contribution in [1.29, 1.82) is 0 Å². The molecule has 37 nitrogen and oxygen atoms in total. The van der Waals surface area contributed by atoms with Crippen LogP contribution >= 0.6 is 23.2 Å². The van der Waals surface area contributed by atoms with Crippen LogP contribution in [0.3, 0.4) is 0 Å². The number of primary amides is 1. The van der Waals surface area contributed by atoms with E-state index in [4.69, 9.17) is 77.3 Å². The number of nitrogens with two attached hydrogens (primary N) is 2. The Morgan fingerprint density at radius 2 is 1.28 bits per heavy atom. The van der Waals surface area contributed by atoms with Crippen molar-refractivity contribution < 1.29 is 132 Å². The lowest BCUT2D eigenvalue weighted by Crippen LogP contribution is -2.65. The normalized spacial score (nSPS) is 29.6. The highest BCUT2D eigenvalue weighted by Gasteiger charge is 2.53. The first-order valence-electron chi connectivity index (χ1n) is 41.5. The molecule has 126 heavy (non-hydrogen) atoms. The quantitative estimate of drug-likeness (QED) is 0.0350. The molecule has 14 rings (SSSR count). The average Bonchev–Trinajstić information content (AvgIpc) is 0.761. The van der Waals surface area contributed by atoms with Gasteiger partial charge in [0.15, 0.2) is 36.2 Å². The first kappa shape index (κ1) is 94.8. The van der Waals surface area contributed by atoms with Crippen molar-refractivity contribution in [3.05, 3.63) is 147 Å². The number of aliphatic carboxylic acids is 1. The molecule has 3 fully saturated rings. The number of ether oxygens (including phenoxy) is 9. The molecule has 7 amide bonds. The number of likely N-dealkylation sites (N-methyl/N-ethyl adjacent to an activating group) is 1. The Kier molecular flexibility index (Phi) is 30.4. The van der Waals surface area contributed by atoms with Crippen molar-refractivity contribution >= 4 is 70.5 Å². The second kappa shape index (κ2) is 40.3. The highest BCUT2D eigenvalue weighted by Crippen LogP contribution is 2.51. The molecule has 6 aromatic rings. The second-order valence-corrected chi connectivity index (χ2v) is 34.2. The number of aliphatic hydroxyl groups is 6. The number of phenols is 3. The third kappa shape index (κ3) is 21.6. The van der Waals surface area contributed by atoms with Crippen molar-refractivity contribution in [2.75, 3.05) is 20.3 Å². The number of hydrogen-bond acceptors (Lipinski definition) is 29. The van der Waals surface area contributed by atoms with Gasteiger partial charge >= 0.3 is 5.97 Å². The predicted molar refractivity (Wildman–Crippen MR) is 449 cm³/mol. The minimum absolute atomic E-state index is 0.117. The van der Waals surface area contributed by atoms with Crippen molar-refractivity contribution in [3.63, 3.8) is 0 Å². The number of aromatic hydroxyl groups is 3. The number of fused-ring (bicyclic) bond motifs is 15. The van der Waals surface area contributed by atoms with E-state index in [0.29, 0.717) is 12.4 Å². The van der Waals surface area contributed by atoms with Gasteiger partial charge in [0, 0.05) is 53.2 Å². The van der Waals surface area contributed by atoms with Crippen LogP contribution in [0, 0.1) is 5.92 Å². The maximum Gasteiger partial charge on any atom is 0.330 e. The van der Waals surface area contributed by atoms with Crippen LogP contribution in [0.1, 0.15) is 170 Å². The lowest BCUT2D eigenvalue weighted by molar-refractivity contribution is -0.334. The molecule has 0 saturated carbocycles. The van der Waals surface area contributed by atoms with E-state index in [1.807, 2.05) is 38.1 Å². The van der Waals surface area contributed by atoms with Crippen LogP contribution in [-0.2, 0) is 68.6 Å². The molecule has 0 aromatic heterocycles. The van der Waals surface area contributed by atoms with E-state index in [2.05, 4.69) is 49.5 Å². The highest BCUT2D eigenvalue weighted by molar-refractivity contribution is 6.32. The van der Waals surface area contributed by atoms with Gasteiger partial charge in [-0.25, -0.2) is 4.79 Å². The van der Waals surface area contributed by atoms with Gasteiger partial charge in [0.2, 0.25) is 53.4 Å². The van der Waals surface area contributed by atoms with Gasteiger partial charge in [0.05, 0.1) is 60.1 Å². The summed E-state index contributed by atoms with van der Waals surface area (Å²) in [6.45, 7) is 11.8. The largest absolute Gasteiger partial charge is 0.508 e. The Morgan fingerprint density at radius 1 is 0.659 bits per heavy atom. The average molecular weight is 1800 g/mol. The summed E-state index contributed by atoms with van der Waals surface area (Å²) in [5.74, 6) is -15.4. The Hall–Kier alpha value is -10.3. The molecule has 0 radical (unpaired) electrons. The topological polar surface area (TPSA) is 570 Å². The Morgan fingerprint density at radius 3 is 1.90 bits per heavy atom. The molecule has 682 valence electrons. The fourth-order valence-corrected chi connectivity index (χ4v) is 16.8. The second-order valence-electron chi connectivity index (χ2n) is 33.4. The Labute approximate surface area is 734 Å². The van der Waals surface area contributed by atoms with E-state index >= 15 is 24.0 Å². The first-order valence-corrected chi connectivity index (χ1v) is 42.3. The molecule has 8 aliphatic rings. The number of amides is 7. The minimum atomic E-state index is -2.39. The fourth-order valence-electron chi connectivity index (χ4n) is 16.3. The van der Waals surface area contributed by atoms with Gasteiger partial charge in [-0.05, 0) is 148 Å². The summed E-state index contributed by atoms with van der Waals surface area (Å²) in [7, 11) is 1.48. The number of halogens is 2. The van der Waals surface area contributed by atoms with E-state index in [9.17, 15) is 65.4 Å². The van der Waals surface area contributed by atoms with Crippen LogP contribution in [0.5, 0.6) is 51.7 Å². The van der Waals surface area contributed by atoms with Crippen LogP contribution in [0.25, 0.3) is 11.1 Å². The first-order chi connectivity index (χ1) is 59.8. The Bertz CT molecular complexity index is 5000. The summed E-state index contributed by atoms with van der Waals surface area (Å²) >= 11 is 14.7. The number of carboxylic acids is 1. The number of aliphatic hydroxyl groups excluding tert-OH is 6. The summed E-state index contributed by atoms with van der Waals surface area (Å²) in [4.78, 5) is 121. The predicted octanol–water partition coefficient (Wildman–Crippen LogP) is 4.52. The van der Waals surface area contributed by atoms with Crippen molar-refractivity contribution in [3.8, 4) is 62.9 Å². The van der Waals surface area contributed by atoms with Crippen molar-refractivity contribution in [2.24, 2.45) is 17.4 Å². The van der Waals surface area contributed by atoms with E-state index in [1.54, 1.807) is 13.8 Å². The van der Waals surface area contributed by atoms with Crippen LogP contribution in [-0.4, -0.2) is 222 Å². The molecule has 11 bridgehead atoms. The van der Waals surface area contributed by atoms with Gasteiger partial charge in [-0.15, -0.1) is 0 Å². The summed E-state index contributed by atoms with van der Waals surface area (Å²) in [5.41, 5.74) is 7.83. The molecular weight excluding hydrogens is 1690 g/mol. The molecule has 8 heterocycles. The number of rotatable bonds is 25. The SMILES string of the molecule is CCCCCCCOc1ccc(CN[C@@]2(C)C[C@H](O[C@H]3[C@H](Oc4c5cc6cc4Oc4ccc(cc4Cl)[C@@H](O[C@H]4C[C@](C)(N)[C@@H](O)[C@H](C)O4)[C@@H]4NC(=O)[C@H](NC(=O)[C@@H]6NC(=O)[C@H](CC(N)=O)NC(=O)[C@H](NC(=O)[C@@H](CC(C)C)NC)[C@H](O)c6ccc(c(Cl)c6)O5)c5ccc(O)c(c5)-c5c(O)cc(O)cc5C(C(=O)O)NC4=O)O[C@H](CO)[C@@H](O)[C@@H]3O)O[C@@H](C)[C@@H]2O)cc1. The van der Waals surface area contributed by atoms with Crippen molar-refractivity contribution in [2.45, 2.75) is 246 Å². The van der Waals surface area contributed by atoms with Gasteiger partial charge in [0.25, 0.3) is 0 Å². The molecule has 0 aliphatic carbocycles. The lowest BCUT2D eigenvalue weighted by Gasteiger charge is -2.48. The summed E-state index contributed by atoms with van der Waals surface area (Å²) in [6.07, 6.45) is -17.6. The number of benzene rings is 6. The number of phenolic OH excluding ortho intramolecular Hbond substituents is 3. The molecule has 39 heteroatoms. The summed E-state index contributed by atoms with van der Waals surface area (Å²) in [6, 6.07) is 7.07. The van der Waals surface area contributed by atoms with Gasteiger partial charge in [-0.3, -0.25) is 33.6 Å². The standard InChI is InChI=1S/C87H108Cl2N10O27/c1-9-10-11-12-13-24-118-47-19-14-41(15-20-47)36-93-87(7)35-63(120-40(5)77(87)109)125-75-72(107)71(106)60(37-100)123-85(75)126-74-58-29-45-30-59(74)122-57-23-18-44(28-51(57)89)73(124-62-34-86(6,91)76(108)39(4)119-62)69-83(115)97-67(84(116)117)49-31-46(101)32-55(103)64(49)48-26-42(16-21-54(48)102)65(80(112)99-69)96-81(113)66(45)95-79(111)53(33-61(90)104)94-82(114)68(98-78(110)52(92-8)25-38(2)3)70(105)43-17-22-56(121-58)50(88)27-43/h14-23,26-32,38-40,52-53,60,62-63,65-73,75-77,85,92-93,100-103,105-109H,9-13,24-25,33-37,91H2,1-8H3,(H2,90,104)(H,94,114)(H,95,111)(H,96,113)(H,97,115)(H,98,110)(H,99,112)(H,116,117)/t39-,40-,52+,53-,60+,62-,63-,65+,66+,67?,68+,69-,70+,71+,72-,73+,75+,76-,77-,85-,86-,87-/m0/s1. The number of nitrogens with one attached hydrogen (secondary N) is 8. The molecule has 8 aliphatic heterocycles. The maximum atomic E-state index is 16.6. The molecule has 0 spiro atoms. The molecule has 22 N–H and O–H groups in total. The molecular formula is C87H108Cl2N10O27. The van der Waals surface area contributed by atoms with E-state index in [-0.39, 0.29) is 59.2 Å². The lowest BCUT2D eigenvalue weighted by atomic mass is 9.84. The van der Waals surface area contributed by atoms with Crippen LogP contribution < -0.4 is 72.9 Å². The van der Waals surface area contributed by atoms with E-state index in [0.717, 1.165) is 86.2 Å². The molecule has 22 atom stereocenters. The number of unbranched alkanes of at least 4 members (excludes halogenated alkanes) is 4. The zero-order valence-corrected chi connectivity index (χ0v) is 71.8. The summed E-state index contributed by atoms with van der Waals surface area (Å²) in [5, 5.41) is 138. The monoisotopic (exact) mass is 1790 g/mol. The number of carboxylic acid groups (broad SMARTS) is 1. The zero-order valence-electron chi connectivity index (χ0n) is 70.2. The fraction of sp³-hybridized carbons (Fsp3) is 0.494. The van der Waals surface area contributed by atoms with Gasteiger partial charge in [-0.2, -0.15) is 0 Å². The molecule has 6 aromatic carbocycles. The van der Waals surface area contributed by atoms with E-state index < -0.39 is 261 Å². The smallest absolute Gasteiger partial charge is 0.330 e. The number of carbonyl (C=O) groups excluding carboxylic acids is 7. The highest BCUT2D eigenvalue weighted by atomic mass is 35.5. The molecule has 1 unspecified atom stereocenters. The van der Waals surface area contributed by atoms with Gasteiger partial charge < -0.3 is 148 Å². The molecule has 3 saturated heterocycles. The van der Waals surface area contributed by atoms with Gasteiger partial charge in [-0.1, -0.05) is 100.0 Å². The van der Waals surface area contributed by atoms with Crippen LogP contribution in [0.4, 0.5) is 0 Å². The maximum absolute atomic E-state index is 16.6. The third-order valence-corrected chi connectivity index (χ3v) is 23.8. The summed E-state index contributed by atoms with van der Waals surface area (Å²) < 4.78 is 58.9. The van der Waals surface area contributed by atoms with Crippen LogP contribution in [0.2, 0.25) is 10.0 Å². The number of hydrogen-bond donors (Lipinski definition) is 20. The van der Waals surface area contributed by atoms with Crippen LogP contribution in [0.15, 0.2) is 103 Å². The Balaban J connectivity index is 1.06. The minimum Gasteiger partial charge on any atom is -0.508 e. The zero-order chi connectivity index (χ0) is 91.2. The van der Waals surface area contributed by atoms with Crippen molar-refractivity contribution in [1.82, 2.24) is 42.5 Å². The third-order valence-electron chi connectivity index (χ3n) is 23.2. The van der Waals surface area contributed by atoms with Gasteiger partial charge in [0.1, 0.15) is 95.2 Å².